The van der Waals surface area contributed by atoms with Gasteiger partial charge >= 0.3 is 0 Å². The Labute approximate surface area is 112 Å². The fraction of sp³-hybridized carbons (Fsp3) is 0.600. The molecule has 0 aromatic carbocycles. The zero-order valence-electron chi connectivity index (χ0n) is 11.0. The number of aromatic nitrogens is 1. The van der Waals surface area contributed by atoms with Gasteiger partial charge in [-0.05, 0) is 43.7 Å². The minimum absolute atomic E-state index is 0.0118. The average Bonchev–Trinajstić information content (AvgIpc) is 3.05. The summed E-state index contributed by atoms with van der Waals surface area (Å²) >= 11 is 0. The highest BCUT2D eigenvalue weighted by Gasteiger charge is 2.23. The highest BCUT2D eigenvalue weighted by atomic mass is 16.5. The summed E-state index contributed by atoms with van der Waals surface area (Å²) in [6.07, 6.45) is 5.60. The highest BCUT2D eigenvalue weighted by Crippen LogP contribution is 2.23. The van der Waals surface area contributed by atoms with Crippen molar-refractivity contribution in [2.45, 2.75) is 51.2 Å². The summed E-state index contributed by atoms with van der Waals surface area (Å²) in [4.78, 5) is 12.5. The van der Waals surface area contributed by atoms with E-state index in [0.29, 0.717) is 12.1 Å². The van der Waals surface area contributed by atoms with Crippen LogP contribution in [0.25, 0.3) is 0 Å². The monoisotopic (exact) mass is 258 g/mol. The van der Waals surface area contributed by atoms with Crippen LogP contribution in [0.15, 0.2) is 10.9 Å². The molecule has 3 rings (SSSR count). The van der Waals surface area contributed by atoms with Crippen LogP contribution >= 0.6 is 0 Å². The maximum atomic E-state index is 12.5. The summed E-state index contributed by atoms with van der Waals surface area (Å²) in [5.74, 6) is 0. The van der Waals surface area contributed by atoms with E-state index in [1.165, 1.54) is 11.3 Å². The van der Waals surface area contributed by atoms with Crippen LogP contribution in [-0.4, -0.2) is 17.3 Å². The van der Waals surface area contributed by atoms with Crippen LogP contribution in [0.1, 0.15) is 36.1 Å². The van der Waals surface area contributed by atoms with Gasteiger partial charge in [0.15, 0.2) is 0 Å². The average molecular weight is 258 g/mol. The molecule has 0 saturated carbocycles. The maximum absolute atomic E-state index is 12.5. The first-order valence-corrected chi connectivity index (χ1v) is 7.02. The number of nitrogens with zero attached hydrogens (tertiary/aromatic N) is 2. The molecule has 0 amide bonds. The van der Waals surface area contributed by atoms with E-state index < -0.39 is 0 Å². The Kier molecular flexibility index (Phi) is 3.39. The van der Waals surface area contributed by atoms with Gasteiger partial charge in [-0.25, -0.2) is 0 Å². The first-order valence-electron chi connectivity index (χ1n) is 7.02. The molecule has 1 atom stereocenters. The molecule has 100 valence electrons. The van der Waals surface area contributed by atoms with Crippen LogP contribution in [0.3, 0.4) is 0 Å². The number of nitriles is 1. The Morgan fingerprint density at radius 3 is 3.05 bits per heavy atom. The van der Waals surface area contributed by atoms with Gasteiger partial charge in [0.25, 0.3) is 5.56 Å². The lowest BCUT2D eigenvalue weighted by atomic mass is 10.1. The molecular formula is C15H18N2O2. The van der Waals surface area contributed by atoms with E-state index in [1.54, 1.807) is 0 Å². The van der Waals surface area contributed by atoms with Gasteiger partial charge in [-0.1, -0.05) is 0 Å². The molecule has 0 spiro atoms. The molecule has 1 aliphatic heterocycles. The van der Waals surface area contributed by atoms with Gasteiger partial charge in [0.2, 0.25) is 0 Å². The van der Waals surface area contributed by atoms with Crippen LogP contribution in [0.2, 0.25) is 0 Å². The fourth-order valence-corrected chi connectivity index (χ4v) is 3.18. The third-order valence-electron chi connectivity index (χ3n) is 4.10. The lowest BCUT2D eigenvalue weighted by Crippen LogP contribution is -2.31. The fourth-order valence-electron chi connectivity index (χ4n) is 3.18. The van der Waals surface area contributed by atoms with Crippen molar-refractivity contribution in [1.29, 1.82) is 5.26 Å². The number of hydrogen-bond acceptors (Lipinski definition) is 3. The molecule has 1 fully saturated rings. The van der Waals surface area contributed by atoms with Gasteiger partial charge in [-0.3, -0.25) is 4.79 Å². The van der Waals surface area contributed by atoms with Gasteiger partial charge in [-0.2, -0.15) is 5.26 Å². The third kappa shape index (κ3) is 2.31. The van der Waals surface area contributed by atoms with Crippen molar-refractivity contribution in [3.63, 3.8) is 0 Å². The first-order chi connectivity index (χ1) is 9.29. The molecule has 1 saturated heterocycles. The molecule has 1 aromatic heterocycles. The number of rotatable bonds is 3. The normalized spacial score (nSPS) is 21.3. The van der Waals surface area contributed by atoms with Crippen LogP contribution < -0.4 is 5.56 Å². The van der Waals surface area contributed by atoms with Crippen molar-refractivity contribution in [1.82, 2.24) is 4.57 Å². The number of aryl methyl sites for hydroxylation is 1. The Bertz CT molecular complexity index is 577. The largest absolute Gasteiger partial charge is 0.376 e. The molecule has 2 aliphatic rings. The number of fused-ring (bicyclic) bond motifs is 1. The van der Waals surface area contributed by atoms with E-state index in [2.05, 4.69) is 6.07 Å². The molecule has 4 heteroatoms. The zero-order valence-corrected chi connectivity index (χ0v) is 11.0. The molecule has 2 heterocycles. The molecule has 1 aromatic rings. The molecule has 4 nitrogen and oxygen atoms in total. The van der Waals surface area contributed by atoms with E-state index in [4.69, 9.17) is 10.00 Å². The van der Waals surface area contributed by atoms with E-state index >= 15 is 0 Å². The standard InChI is InChI=1S/C15H18N2O2/c16-7-6-12-9-11-3-1-5-14(11)17(15(12)18)10-13-4-2-8-19-13/h9,13H,1-6,8,10H2. The Morgan fingerprint density at radius 2 is 2.32 bits per heavy atom. The third-order valence-corrected chi connectivity index (χ3v) is 4.10. The number of hydrogen-bond donors (Lipinski definition) is 0. The van der Waals surface area contributed by atoms with Crippen LogP contribution in [0.4, 0.5) is 0 Å². The summed E-state index contributed by atoms with van der Waals surface area (Å²) in [6, 6.07) is 4.04. The van der Waals surface area contributed by atoms with Gasteiger partial charge in [0.1, 0.15) is 0 Å². The van der Waals surface area contributed by atoms with Crippen molar-refractivity contribution in [2.75, 3.05) is 6.61 Å². The van der Waals surface area contributed by atoms with Crippen LogP contribution in [0, 0.1) is 11.3 Å². The lowest BCUT2D eigenvalue weighted by molar-refractivity contribution is 0.0954. The topological polar surface area (TPSA) is 55.0 Å². The molecular weight excluding hydrogens is 240 g/mol. The number of pyridine rings is 1. The minimum atomic E-state index is 0.0118. The minimum Gasteiger partial charge on any atom is -0.376 e. The SMILES string of the molecule is N#CCc1cc2c(n(CC3CCCO3)c1=O)CCC2. The van der Waals surface area contributed by atoms with Gasteiger partial charge in [-0.15, -0.1) is 0 Å². The lowest BCUT2D eigenvalue weighted by Gasteiger charge is -2.17. The van der Waals surface area contributed by atoms with E-state index in [-0.39, 0.29) is 18.1 Å². The summed E-state index contributed by atoms with van der Waals surface area (Å²) in [5.41, 5.74) is 3.07. The van der Waals surface area contributed by atoms with Gasteiger partial charge < -0.3 is 9.30 Å². The summed E-state index contributed by atoms with van der Waals surface area (Å²) in [5, 5.41) is 8.84. The second kappa shape index (κ2) is 5.18. The van der Waals surface area contributed by atoms with Crippen LogP contribution in [-0.2, 0) is 30.5 Å². The smallest absolute Gasteiger partial charge is 0.255 e. The van der Waals surface area contributed by atoms with Crippen molar-refractivity contribution < 1.29 is 4.74 Å². The Morgan fingerprint density at radius 1 is 1.42 bits per heavy atom. The van der Waals surface area contributed by atoms with Gasteiger partial charge in [0.05, 0.1) is 25.1 Å². The first kappa shape index (κ1) is 12.4. The summed E-state index contributed by atoms with van der Waals surface area (Å²) in [6.45, 7) is 1.46. The Balaban J connectivity index is 2.00. The molecule has 0 bridgehead atoms. The van der Waals surface area contributed by atoms with E-state index in [9.17, 15) is 4.79 Å². The van der Waals surface area contributed by atoms with Gasteiger partial charge in [0, 0.05) is 17.9 Å². The molecule has 1 aliphatic carbocycles. The predicted octanol–water partition coefficient (Wildman–Crippen LogP) is 1.58. The van der Waals surface area contributed by atoms with Crippen molar-refractivity contribution in [2.24, 2.45) is 0 Å². The molecule has 0 N–H and O–H groups in total. The summed E-state index contributed by atoms with van der Waals surface area (Å²) in [7, 11) is 0. The van der Waals surface area contributed by atoms with Crippen molar-refractivity contribution in [3.8, 4) is 6.07 Å². The Hall–Kier alpha value is -1.60. The number of ether oxygens (including phenoxy) is 1. The van der Waals surface area contributed by atoms with E-state index in [1.807, 2.05) is 10.6 Å². The highest BCUT2D eigenvalue weighted by molar-refractivity contribution is 5.31. The van der Waals surface area contributed by atoms with Crippen molar-refractivity contribution >= 4 is 0 Å². The van der Waals surface area contributed by atoms with E-state index in [0.717, 1.165) is 38.7 Å². The van der Waals surface area contributed by atoms with Crippen LogP contribution in [0.5, 0.6) is 0 Å². The quantitative estimate of drug-likeness (QED) is 0.827. The molecule has 0 radical (unpaired) electrons. The second-order valence-corrected chi connectivity index (χ2v) is 5.38. The second-order valence-electron chi connectivity index (χ2n) is 5.38. The summed E-state index contributed by atoms with van der Waals surface area (Å²) < 4.78 is 7.53. The zero-order chi connectivity index (χ0) is 13.2. The predicted molar refractivity (Wildman–Crippen MR) is 71.0 cm³/mol. The molecule has 19 heavy (non-hydrogen) atoms. The molecule has 1 unspecified atom stereocenters. The maximum Gasteiger partial charge on any atom is 0.255 e. The van der Waals surface area contributed by atoms with Crippen molar-refractivity contribution in [3.05, 3.63) is 33.2 Å².